The number of phenolic OH excluding ortho intramolecular Hbond substituents is 1. The van der Waals surface area contributed by atoms with Gasteiger partial charge in [-0.15, -0.1) is 11.3 Å². The van der Waals surface area contributed by atoms with Gasteiger partial charge in [-0.2, -0.15) is 0 Å². The predicted octanol–water partition coefficient (Wildman–Crippen LogP) is 3.68. The Bertz CT molecular complexity index is 803. The first kappa shape index (κ1) is 15.1. The summed E-state index contributed by atoms with van der Waals surface area (Å²) >= 11 is 1.51. The van der Waals surface area contributed by atoms with Crippen molar-refractivity contribution in [3.63, 3.8) is 0 Å². The second kappa shape index (κ2) is 6.93. The number of ether oxygens (including phenoxy) is 1. The molecule has 0 aliphatic carbocycles. The van der Waals surface area contributed by atoms with Crippen molar-refractivity contribution in [1.82, 2.24) is 4.98 Å². The molecule has 0 spiro atoms. The molecule has 2 N–H and O–H groups in total. The van der Waals surface area contributed by atoms with Crippen molar-refractivity contribution in [2.75, 3.05) is 5.32 Å². The number of rotatable bonds is 5. The number of phenols is 1. The average Bonchev–Trinajstić information content (AvgIpc) is 3.07. The number of carbonyl (C=O) groups excluding carboxylic acids is 1. The van der Waals surface area contributed by atoms with E-state index in [4.69, 9.17) is 4.74 Å². The molecule has 1 amide bonds. The van der Waals surface area contributed by atoms with Gasteiger partial charge in [0, 0.05) is 22.7 Å². The molecule has 6 heteroatoms. The van der Waals surface area contributed by atoms with Gasteiger partial charge < -0.3 is 15.2 Å². The maximum Gasteiger partial charge on any atom is 0.255 e. The second-order valence-corrected chi connectivity index (χ2v) is 5.52. The minimum Gasteiger partial charge on any atom is -0.508 e. The lowest BCUT2D eigenvalue weighted by molar-refractivity contribution is 0.102. The zero-order valence-electron chi connectivity index (χ0n) is 12.1. The van der Waals surface area contributed by atoms with Crippen LogP contribution in [0.1, 0.15) is 16.1 Å². The molecule has 0 fully saturated rings. The summed E-state index contributed by atoms with van der Waals surface area (Å²) in [6, 6.07) is 13.3. The minimum absolute atomic E-state index is 0.100. The molecule has 0 atom stereocenters. The van der Waals surface area contributed by atoms with E-state index in [0.717, 1.165) is 5.69 Å². The summed E-state index contributed by atoms with van der Waals surface area (Å²) in [5.41, 5.74) is 3.61. The standard InChI is InChI=1S/C17H14N2O3S/c20-15-5-2-4-13(8-15)19-17(21)12-3-1-6-16(7-12)22-9-14-10-23-11-18-14/h1-8,10-11,20H,9H2,(H,19,21). The highest BCUT2D eigenvalue weighted by Gasteiger charge is 2.08. The van der Waals surface area contributed by atoms with Gasteiger partial charge in [0.2, 0.25) is 0 Å². The number of nitrogens with one attached hydrogen (secondary N) is 1. The van der Waals surface area contributed by atoms with Crippen molar-refractivity contribution < 1.29 is 14.6 Å². The highest BCUT2D eigenvalue weighted by atomic mass is 32.1. The van der Waals surface area contributed by atoms with Gasteiger partial charge in [-0.25, -0.2) is 4.98 Å². The van der Waals surface area contributed by atoms with E-state index < -0.39 is 0 Å². The third-order valence-electron chi connectivity index (χ3n) is 3.07. The first-order valence-electron chi connectivity index (χ1n) is 6.91. The van der Waals surface area contributed by atoms with Crippen LogP contribution in [0.3, 0.4) is 0 Å². The molecular weight excluding hydrogens is 312 g/mol. The summed E-state index contributed by atoms with van der Waals surface area (Å²) in [5, 5.41) is 14.1. The van der Waals surface area contributed by atoms with Crippen molar-refractivity contribution in [3.8, 4) is 11.5 Å². The Labute approximate surface area is 137 Å². The Hall–Kier alpha value is -2.86. The van der Waals surface area contributed by atoms with Gasteiger partial charge in [0.1, 0.15) is 18.1 Å². The fraction of sp³-hybridized carbons (Fsp3) is 0.0588. The molecule has 2 aromatic carbocycles. The van der Waals surface area contributed by atoms with Crippen LogP contribution >= 0.6 is 11.3 Å². The van der Waals surface area contributed by atoms with Gasteiger partial charge in [-0.05, 0) is 30.3 Å². The van der Waals surface area contributed by atoms with Crippen LogP contribution in [-0.4, -0.2) is 16.0 Å². The number of hydrogen-bond donors (Lipinski definition) is 2. The number of hydrogen-bond acceptors (Lipinski definition) is 5. The fourth-order valence-corrected chi connectivity index (χ4v) is 2.52. The van der Waals surface area contributed by atoms with E-state index in [2.05, 4.69) is 10.3 Å². The zero-order chi connectivity index (χ0) is 16.1. The smallest absolute Gasteiger partial charge is 0.255 e. The van der Waals surface area contributed by atoms with Gasteiger partial charge in [0.15, 0.2) is 0 Å². The highest BCUT2D eigenvalue weighted by molar-refractivity contribution is 7.07. The third kappa shape index (κ3) is 4.08. The molecular formula is C17H14N2O3S. The molecule has 3 rings (SSSR count). The summed E-state index contributed by atoms with van der Waals surface area (Å²) < 4.78 is 5.63. The number of benzene rings is 2. The van der Waals surface area contributed by atoms with Crippen molar-refractivity contribution in [3.05, 3.63) is 70.7 Å². The van der Waals surface area contributed by atoms with Gasteiger partial charge in [0.25, 0.3) is 5.91 Å². The summed E-state index contributed by atoms with van der Waals surface area (Å²) in [6.45, 7) is 0.362. The molecule has 0 radical (unpaired) electrons. The number of aromatic nitrogens is 1. The Morgan fingerprint density at radius 2 is 2.09 bits per heavy atom. The molecule has 23 heavy (non-hydrogen) atoms. The van der Waals surface area contributed by atoms with E-state index >= 15 is 0 Å². The number of thiazole rings is 1. The van der Waals surface area contributed by atoms with Crippen LogP contribution in [0.4, 0.5) is 5.69 Å². The molecule has 5 nitrogen and oxygen atoms in total. The summed E-state index contributed by atoms with van der Waals surface area (Å²) in [6.07, 6.45) is 0. The van der Waals surface area contributed by atoms with Crippen molar-refractivity contribution in [2.24, 2.45) is 0 Å². The Morgan fingerprint density at radius 1 is 1.22 bits per heavy atom. The lowest BCUT2D eigenvalue weighted by atomic mass is 10.2. The van der Waals surface area contributed by atoms with Gasteiger partial charge in [0.05, 0.1) is 11.2 Å². The van der Waals surface area contributed by atoms with Crippen molar-refractivity contribution in [1.29, 1.82) is 0 Å². The third-order valence-corrected chi connectivity index (χ3v) is 3.71. The van der Waals surface area contributed by atoms with E-state index in [0.29, 0.717) is 23.6 Å². The van der Waals surface area contributed by atoms with Crippen LogP contribution in [0, 0.1) is 0 Å². The van der Waals surface area contributed by atoms with Crippen LogP contribution in [0.5, 0.6) is 11.5 Å². The molecule has 0 saturated heterocycles. The highest BCUT2D eigenvalue weighted by Crippen LogP contribution is 2.19. The maximum atomic E-state index is 12.3. The first-order valence-corrected chi connectivity index (χ1v) is 7.85. The quantitative estimate of drug-likeness (QED) is 0.750. The molecule has 0 aliphatic heterocycles. The van der Waals surface area contributed by atoms with Crippen LogP contribution < -0.4 is 10.1 Å². The molecule has 0 aliphatic rings. The Morgan fingerprint density at radius 3 is 2.87 bits per heavy atom. The Kier molecular flexibility index (Phi) is 4.54. The van der Waals surface area contributed by atoms with Crippen LogP contribution in [0.15, 0.2) is 59.4 Å². The number of carbonyl (C=O) groups is 1. The number of amides is 1. The van der Waals surface area contributed by atoms with Crippen LogP contribution in [0.25, 0.3) is 0 Å². The zero-order valence-corrected chi connectivity index (χ0v) is 12.9. The summed E-state index contributed by atoms with van der Waals surface area (Å²) in [4.78, 5) is 16.4. The average molecular weight is 326 g/mol. The van der Waals surface area contributed by atoms with E-state index in [-0.39, 0.29) is 11.7 Å². The summed E-state index contributed by atoms with van der Waals surface area (Å²) in [5.74, 6) is 0.430. The lowest BCUT2D eigenvalue weighted by Gasteiger charge is -2.08. The molecule has 3 aromatic rings. The normalized spacial score (nSPS) is 10.3. The minimum atomic E-state index is -0.269. The second-order valence-electron chi connectivity index (χ2n) is 4.80. The van der Waals surface area contributed by atoms with Gasteiger partial charge >= 0.3 is 0 Å². The van der Waals surface area contributed by atoms with E-state index in [1.54, 1.807) is 48.0 Å². The number of anilines is 1. The molecule has 0 unspecified atom stereocenters. The van der Waals surface area contributed by atoms with Crippen molar-refractivity contribution >= 4 is 22.9 Å². The molecule has 1 aromatic heterocycles. The SMILES string of the molecule is O=C(Nc1cccc(O)c1)c1cccc(OCc2cscn2)c1. The van der Waals surface area contributed by atoms with Crippen LogP contribution in [-0.2, 0) is 6.61 Å². The number of nitrogens with zero attached hydrogens (tertiary/aromatic N) is 1. The van der Waals surface area contributed by atoms with E-state index in [1.165, 1.54) is 17.4 Å². The fourth-order valence-electron chi connectivity index (χ4n) is 1.98. The molecule has 0 bridgehead atoms. The summed E-state index contributed by atoms with van der Waals surface area (Å²) in [7, 11) is 0. The molecule has 0 saturated carbocycles. The largest absolute Gasteiger partial charge is 0.508 e. The van der Waals surface area contributed by atoms with Crippen molar-refractivity contribution in [2.45, 2.75) is 6.61 Å². The lowest BCUT2D eigenvalue weighted by Crippen LogP contribution is -2.11. The monoisotopic (exact) mass is 326 g/mol. The molecule has 116 valence electrons. The maximum absolute atomic E-state index is 12.3. The van der Waals surface area contributed by atoms with Gasteiger partial charge in [-0.1, -0.05) is 12.1 Å². The predicted molar refractivity (Wildman–Crippen MR) is 88.9 cm³/mol. The Balaban J connectivity index is 1.67. The molecule has 1 heterocycles. The topological polar surface area (TPSA) is 71.5 Å². The first-order chi connectivity index (χ1) is 11.2. The van der Waals surface area contributed by atoms with E-state index in [9.17, 15) is 9.90 Å². The van der Waals surface area contributed by atoms with E-state index in [1.807, 2.05) is 5.38 Å². The number of aromatic hydroxyl groups is 1. The van der Waals surface area contributed by atoms with Gasteiger partial charge in [-0.3, -0.25) is 4.79 Å². The van der Waals surface area contributed by atoms with Crippen LogP contribution in [0.2, 0.25) is 0 Å².